The molecular weight excluding hydrogens is 422 g/mol. The molecule has 0 aliphatic carbocycles. The van der Waals surface area contributed by atoms with Crippen molar-refractivity contribution in [2.45, 2.75) is 24.2 Å². The first-order valence-corrected chi connectivity index (χ1v) is 11.1. The molecule has 1 amide bonds. The molecule has 0 atom stereocenters. The van der Waals surface area contributed by atoms with Gasteiger partial charge in [-0.1, -0.05) is 23.7 Å². The topological polar surface area (TPSA) is 57.7 Å². The highest BCUT2D eigenvalue weighted by atomic mass is 35.5. The van der Waals surface area contributed by atoms with Crippen LogP contribution in [-0.2, 0) is 21.2 Å². The fourth-order valence-corrected chi connectivity index (χ4v) is 4.78. The molecule has 2 aromatic carbocycles. The minimum Gasteiger partial charge on any atom is -0.340 e. The maximum Gasteiger partial charge on any atom is 0.243 e. The molecular formula is C20H21ClF2N2O3S. The van der Waals surface area contributed by atoms with Crippen molar-refractivity contribution in [1.82, 2.24) is 9.21 Å². The summed E-state index contributed by atoms with van der Waals surface area (Å²) >= 11 is 5.85. The van der Waals surface area contributed by atoms with E-state index in [1.807, 2.05) is 24.3 Å². The SMILES string of the molecule is O=C(CCCc1ccc(Cl)cc1)N1CCN(S(=O)(=O)c2ccc(F)c(F)c2)CC1. The first kappa shape index (κ1) is 21.7. The number of aryl methyl sites for hydroxylation is 1. The van der Waals surface area contributed by atoms with Gasteiger partial charge in [0.05, 0.1) is 4.90 Å². The lowest BCUT2D eigenvalue weighted by Gasteiger charge is -2.34. The van der Waals surface area contributed by atoms with Crippen LogP contribution in [-0.4, -0.2) is 49.7 Å². The second-order valence-corrected chi connectivity index (χ2v) is 9.22. The molecule has 0 bridgehead atoms. The van der Waals surface area contributed by atoms with Crippen molar-refractivity contribution in [1.29, 1.82) is 0 Å². The van der Waals surface area contributed by atoms with Crippen LogP contribution in [0.25, 0.3) is 0 Å². The van der Waals surface area contributed by atoms with Crippen LogP contribution in [0, 0.1) is 11.6 Å². The molecule has 0 aromatic heterocycles. The molecule has 0 saturated carbocycles. The third-order valence-electron chi connectivity index (χ3n) is 4.89. The number of carbonyl (C=O) groups is 1. The van der Waals surface area contributed by atoms with Crippen molar-refractivity contribution in [2.24, 2.45) is 0 Å². The fraction of sp³-hybridized carbons (Fsp3) is 0.350. The van der Waals surface area contributed by atoms with E-state index in [1.54, 1.807) is 4.90 Å². The third kappa shape index (κ3) is 5.32. The number of carbonyl (C=O) groups excluding carboxylic acids is 1. The smallest absolute Gasteiger partial charge is 0.243 e. The van der Waals surface area contributed by atoms with E-state index in [0.717, 1.165) is 24.1 Å². The van der Waals surface area contributed by atoms with Crippen LogP contribution >= 0.6 is 11.6 Å². The summed E-state index contributed by atoms with van der Waals surface area (Å²) in [5, 5.41) is 0.668. The van der Waals surface area contributed by atoms with E-state index < -0.39 is 21.7 Å². The number of piperazine rings is 1. The summed E-state index contributed by atoms with van der Waals surface area (Å²) in [6, 6.07) is 9.99. The molecule has 0 N–H and O–H groups in total. The number of hydrogen-bond acceptors (Lipinski definition) is 3. The molecule has 0 spiro atoms. The highest BCUT2D eigenvalue weighted by molar-refractivity contribution is 7.89. The van der Waals surface area contributed by atoms with Gasteiger partial charge in [-0.2, -0.15) is 4.31 Å². The lowest BCUT2D eigenvalue weighted by molar-refractivity contribution is -0.132. The standard InChI is InChI=1S/C20H21ClF2N2O3S/c21-16-6-4-15(5-7-16)2-1-3-20(26)24-10-12-25(13-11-24)29(27,28)17-8-9-18(22)19(23)14-17/h4-9,14H,1-3,10-13H2. The molecule has 0 unspecified atom stereocenters. The highest BCUT2D eigenvalue weighted by Crippen LogP contribution is 2.20. The summed E-state index contributed by atoms with van der Waals surface area (Å²) in [5.41, 5.74) is 1.10. The van der Waals surface area contributed by atoms with Crippen molar-refractivity contribution in [2.75, 3.05) is 26.2 Å². The number of rotatable bonds is 6. The Morgan fingerprint density at radius 2 is 1.62 bits per heavy atom. The summed E-state index contributed by atoms with van der Waals surface area (Å²) in [6.45, 7) is 0.764. The molecule has 1 aliphatic rings. The minimum atomic E-state index is -3.93. The second-order valence-electron chi connectivity index (χ2n) is 6.84. The van der Waals surface area contributed by atoms with Gasteiger partial charge in [-0.3, -0.25) is 4.79 Å². The Hall–Kier alpha value is -2.03. The predicted octanol–water partition coefficient (Wildman–Crippen LogP) is 3.47. The van der Waals surface area contributed by atoms with Crippen LogP contribution in [0.1, 0.15) is 18.4 Å². The first-order chi connectivity index (χ1) is 13.8. The summed E-state index contributed by atoms with van der Waals surface area (Å²) in [6.07, 6.45) is 1.82. The van der Waals surface area contributed by atoms with Gasteiger partial charge in [0.15, 0.2) is 11.6 Å². The molecule has 3 rings (SSSR count). The maximum atomic E-state index is 13.4. The van der Waals surface area contributed by atoms with Crippen LogP contribution in [0.2, 0.25) is 5.02 Å². The molecule has 1 aliphatic heterocycles. The van der Waals surface area contributed by atoms with Crippen molar-refractivity contribution in [3.05, 3.63) is 64.7 Å². The maximum absolute atomic E-state index is 13.4. The van der Waals surface area contributed by atoms with Crippen molar-refractivity contribution >= 4 is 27.5 Å². The van der Waals surface area contributed by atoms with Gasteiger partial charge in [-0.25, -0.2) is 17.2 Å². The van der Waals surface area contributed by atoms with E-state index in [2.05, 4.69) is 0 Å². The van der Waals surface area contributed by atoms with Crippen LogP contribution < -0.4 is 0 Å². The molecule has 156 valence electrons. The van der Waals surface area contributed by atoms with Gasteiger partial charge in [0.1, 0.15) is 0 Å². The normalized spacial score (nSPS) is 15.5. The Balaban J connectivity index is 1.50. The van der Waals surface area contributed by atoms with Gasteiger partial charge in [0.2, 0.25) is 15.9 Å². The fourth-order valence-electron chi connectivity index (χ4n) is 3.22. The molecule has 29 heavy (non-hydrogen) atoms. The van der Waals surface area contributed by atoms with Gasteiger partial charge >= 0.3 is 0 Å². The van der Waals surface area contributed by atoms with E-state index in [4.69, 9.17) is 11.6 Å². The summed E-state index contributed by atoms with van der Waals surface area (Å²) in [7, 11) is -3.93. The van der Waals surface area contributed by atoms with Crippen LogP contribution in [0.5, 0.6) is 0 Å². The van der Waals surface area contributed by atoms with Crippen LogP contribution in [0.4, 0.5) is 8.78 Å². The Labute approximate surface area is 173 Å². The average molecular weight is 443 g/mol. The van der Waals surface area contributed by atoms with Gasteiger partial charge < -0.3 is 4.90 Å². The lowest BCUT2D eigenvalue weighted by Crippen LogP contribution is -2.50. The van der Waals surface area contributed by atoms with E-state index >= 15 is 0 Å². The van der Waals surface area contributed by atoms with Gasteiger partial charge in [-0.05, 0) is 48.7 Å². The number of halogens is 3. The molecule has 1 fully saturated rings. The second kappa shape index (κ2) is 9.19. The number of sulfonamides is 1. The van der Waals surface area contributed by atoms with E-state index in [9.17, 15) is 22.0 Å². The molecule has 5 nitrogen and oxygen atoms in total. The van der Waals surface area contributed by atoms with E-state index in [0.29, 0.717) is 23.9 Å². The molecule has 2 aromatic rings. The monoisotopic (exact) mass is 442 g/mol. The number of nitrogens with zero attached hydrogens (tertiary/aromatic N) is 2. The predicted molar refractivity (Wildman–Crippen MR) is 106 cm³/mol. The van der Waals surface area contributed by atoms with Crippen molar-refractivity contribution in [3.63, 3.8) is 0 Å². The zero-order valence-electron chi connectivity index (χ0n) is 15.7. The quantitative estimate of drug-likeness (QED) is 0.688. The third-order valence-corrected chi connectivity index (χ3v) is 7.04. The highest BCUT2D eigenvalue weighted by Gasteiger charge is 2.30. The minimum absolute atomic E-state index is 0.0242. The molecule has 9 heteroatoms. The number of hydrogen-bond donors (Lipinski definition) is 0. The summed E-state index contributed by atoms with van der Waals surface area (Å²) in [5.74, 6) is -2.33. The van der Waals surface area contributed by atoms with Crippen LogP contribution in [0.3, 0.4) is 0 Å². The van der Waals surface area contributed by atoms with Crippen LogP contribution in [0.15, 0.2) is 47.4 Å². The summed E-state index contributed by atoms with van der Waals surface area (Å²) < 4.78 is 52.9. The Morgan fingerprint density at radius 1 is 0.966 bits per heavy atom. The molecule has 1 saturated heterocycles. The summed E-state index contributed by atoms with van der Waals surface area (Å²) in [4.78, 5) is 13.7. The lowest BCUT2D eigenvalue weighted by atomic mass is 10.1. The van der Waals surface area contributed by atoms with Gasteiger partial charge in [0.25, 0.3) is 0 Å². The average Bonchev–Trinajstić information content (AvgIpc) is 2.71. The van der Waals surface area contributed by atoms with Gasteiger partial charge in [0, 0.05) is 37.6 Å². The Morgan fingerprint density at radius 3 is 2.24 bits per heavy atom. The Bertz CT molecular complexity index is 976. The zero-order valence-corrected chi connectivity index (χ0v) is 17.2. The molecule has 1 heterocycles. The van der Waals surface area contributed by atoms with E-state index in [1.165, 1.54) is 4.31 Å². The zero-order chi connectivity index (χ0) is 21.0. The number of amides is 1. The Kier molecular flexibility index (Phi) is 6.87. The van der Waals surface area contributed by atoms with E-state index in [-0.39, 0.29) is 37.0 Å². The van der Waals surface area contributed by atoms with Crippen molar-refractivity contribution < 1.29 is 22.0 Å². The van der Waals surface area contributed by atoms with Gasteiger partial charge in [-0.15, -0.1) is 0 Å². The molecule has 0 radical (unpaired) electrons. The number of benzene rings is 2. The van der Waals surface area contributed by atoms with Crippen molar-refractivity contribution in [3.8, 4) is 0 Å². The first-order valence-electron chi connectivity index (χ1n) is 9.25. The largest absolute Gasteiger partial charge is 0.340 e.